The lowest BCUT2D eigenvalue weighted by atomic mass is 10.2. The Morgan fingerprint density at radius 3 is 3.08 bits per heavy atom. The molecular weight excluding hydrogens is 336 g/mol. The van der Waals surface area contributed by atoms with Crippen LogP contribution in [0.15, 0.2) is 42.3 Å². The molecule has 0 amide bonds. The Morgan fingerprint density at radius 2 is 2.20 bits per heavy atom. The average Bonchev–Trinajstić information content (AvgIpc) is 3.34. The van der Waals surface area contributed by atoms with Crippen LogP contribution in [0.25, 0.3) is 21.5 Å². The maximum Gasteiger partial charge on any atom is 0.290 e. The van der Waals surface area contributed by atoms with Crippen LogP contribution < -0.4 is 16.0 Å². The van der Waals surface area contributed by atoms with Crippen LogP contribution in [0.5, 0.6) is 0 Å². The zero-order chi connectivity index (χ0) is 16.8. The molecule has 1 aliphatic heterocycles. The van der Waals surface area contributed by atoms with Crippen LogP contribution in [0.3, 0.4) is 0 Å². The number of hydrogen-bond acceptors (Lipinski definition) is 7. The summed E-state index contributed by atoms with van der Waals surface area (Å²) in [6, 6.07) is 6.32. The topological polar surface area (TPSA) is 88.4 Å². The molecule has 0 aliphatic carbocycles. The van der Waals surface area contributed by atoms with Gasteiger partial charge in [-0.2, -0.15) is 15.5 Å². The Balaban J connectivity index is 1.47. The smallest absolute Gasteiger partial charge is 0.275 e. The van der Waals surface area contributed by atoms with Crippen molar-refractivity contribution in [3.05, 3.63) is 47.9 Å². The van der Waals surface area contributed by atoms with Crippen LogP contribution >= 0.6 is 11.3 Å². The zero-order valence-corrected chi connectivity index (χ0v) is 14.2. The number of aryl methyl sites for hydroxylation is 1. The van der Waals surface area contributed by atoms with Crippen molar-refractivity contribution in [1.82, 2.24) is 30.3 Å². The van der Waals surface area contributed by atoms with Gasteiger partial charge in [0.05, 0.1) is 40.4 Å². The largest absolute Gasteiger partial charge is 0.290 e. The maximum atomic E-state index is 4.77. The van der Waals surface area contributed by atoms with E-state index in [1.54, 1.807) is 28.4 Å². The first kappa shape index (κ1) is 14.5. The first-order valence-electron chi connectivity index (χ1n) is 7.81. The molecule has 25 heavy (non-hydrogen) atoms. The highest BCUT2D eigenvalue weighted by molar-refractivity contribution is 7.16. The molecule has 0 unspecified atom stereocenters. The average molecular weight is 351 g/mol. The number of hydrogen-bond donors (Lipinski definition) is 2. The fourth-order valence-electron chi connectivity index (χ4n) is 2.88. The van der Waals surface area contributed by atoms with Crippen LogP contribution in [-0.2, 0) is 13.6 Å². The molecule has 3 aromatic heterocycles. The molecule has 0 fully saturated rings. The number of benzene rings is 1. The van der Waals surface area contributed by atoms with E-state index in [9.17, 15) is 0 Å². The van der Waals surface area contributed by atoms with Gasteiger partial charge in [-0.1, -0.05) is 11.6 Å². The summed E-state index contributed by atoms with van der Waals surface area (Å²) in [6.07, 6.45) is 5.51. The lowest BCUT2D eigenvalue weighted by molar-refractivity contribution is -0.629. The second-order valence-electron chi connectivity index (χ2n) is 5.88. The molecule has 1 aromatic carbocycles. The van der Waals surface area contributed by atoms with E-state index in [1.165, 1.54) is 10.3 Å². The van der Waals surface area contributed by atoms with E-state index in [2.05, 4.69) is 38.8 Å². The number of thiazole rings is 1. The number of nitrogens with two attached hydrogens (primary N) is 1. The van der Waals surface area contributed by atoms with Crippen LogP contribution in [-0.4, -0.2) is 24.7 Å². The number of hydrazine groups is 1. The van der Waals surface area contributed by atoms with E-state index < -0.39 is 0 Å². The summed E-state index contributed by atoms with van der Waals surface area (Å²) >= 11 is 1.65. The minimum absolute atomic E-state index is 0.697. The van der Waals surface area contributed by atoms with Gasteiger partial charge in [0, 0.05) is 18.8 Å². The maximum absolute atomic E-state index is 4.77. The number of quaternary nitrogens is 1. The third kappa shape index (κ3) is 2.54. The molecule has 4 aromatic rings. The first-order chi connectivity index (χ1) is 12.3. The van der Waals surface area contributed by atoms with Gasteiger partial charge in [0.1, 0.15) is 0 Å². The number of nitrogens with zero attached hydrogens (tertiary/aromatic N) is 6. The third-order valence-electron chi connectivity index (χ3n) is 4.13. The summed E-state index contributed by atoms with van der Waals surface area (Å²) in [6.45, 7) is 0.697. The highest BCUT2D eigenvalue weighted by Crippen LogP contribution is 2.26. The molecule has 0 saturated heterocycles. The Labute approximate surface area is 147 Å². The summed E-state index contributed by atoms with van der Waals surface area (Å²) in [7, 11) is 1.89. The van der Waals surface area contributed by atoms with Crippen molar-refractivity contribution in [3.8, 4) is 11.3 Å². The molecule has 0 atom stereocenters. The summed E-state index contributed by atoms with van der Waals surface area (Å²) in [4.78, 5) is 13.6. The van der Waals surface area contributed by atoms with Crippen molar-refractivity contribution in [2.75, 3.05) is 5.01 Å². The van der Waals surface area contributed by atoms with Crippen LogP contribution in [0.2, 0.25) is 0 Å². The number of anilines is 1. The van der Waals surface area contributed by atoms with Gasteiger partial charge in [-0.3, -0.25) is 4.68 Å². The third-order valence-corrected chi connectivity index (χ3v) is 4.92. The highest BCUT2D eigenvalue weighted by atomic mass is 32.1. The molecule has 8 nitrogen and oxygen atoms in total. The number of rotatable bonds is 3. The second kappa shape index (κ2) is 5.59. The number of fused-ring (bicyclic) bond motifs is 2. The van der Waals surface area contributed by atoms with Gasteiger partial charge in [0.15, 0.2) is 0 Å². The second-order valence-corrected chi connectivity index (χ2v) is 6.77. The molecule has 0 radical (unpaired) electrons. The van der Waals surface area contributed by atoms with Gasteiger partial charge >= 0.3 is 0 Å². The van der Waals surface area contributed by atoms with E-state index in [4.69, 9.17) is 4.98 Å². The van der Waals surface area contributed by atoms with Gasteiger partial charge in [-0.15, -0.1) is 11.3 Å². The molecule has 5 rings (SSSR count). The van der Waals surface area contributed by atoms with Crippen molar-refractivity contribution >= 4 is 33.2 Å². The van der Waals surface area contributed by atoms with Crippen LogP contribution in [0, 0.1) is 0 Å². The normalized spacial score (nSPS) is 13.6. The molecule has 9 heteroatoms. The van der Waals surface area contributed by atoms with E-state index in [0.717, 1.165) is 28.4 Å². The fraction of sp³-hybridized carbons (Fsp3) is 0.125. The Kier molecular flexibility index (Phi) is 3.23. The SMILES string of the molecule is Cn1cc(-c2cnc3c(n2)N(Cc2ccc4ncsc4c2)N[NH2+]3)cn1. The Hall–Kier alpha value is -2.88. The monoisotopic (exact) mass is 351 g/mol. The standard InChI is InChI=1S/C16H14N8S/c1-23-8-11(5-19-23)13-6-17-15-16(20-13)24(22-21-15)7-10-2-3-12-14(4-10)25-9-18-12/h2-6,8-9,22H,7H2,1H3,(H,17,21)/p+1. The minimum atomic E-state index is 0.697. The summed E-state index contributed by atoms with van der Waals surface area (Å²) < 4.78 is 2.95. The van der Waals surface area contributed by atoms with Crippen molar-refractivity contribution in [1.29, 1.82) is 0 Å². The zero-order valence-electron chi connectivity index (χ0n) is 13.4. The van der Waals surface area contributed by atoms with Crippen LogP contribution in [0.4, 0.5) is 11.6 Å². The summed E-state index contributed by atoms with van der Waals surface area (Å²) in [5.74, 6) is 1.66. The number of nitrogens with one attached hydrogen (secondary N) is 1. The molecule has 0 bridgehead atoms. The van der Waals surface area contributed by atoms with Crippen molar-refractivity contribution in [2.45, 2.75) is 6.54 Å². The summed E-state index contributed by atoms with van der Waals surface area (Å²) in [5.41, 5.74) is 11.0. The van der Waals surface area contributed by atoms with Crippen molar-refractivity contribution < 1.29 is 5.43 Å². The lowest BCUT2D eigenvalue weighted by Crippen LogP contribution is -2.88. The fourth-order valence-corrected chi connectivity index (χ4v) is 3.62. The van der Waals surface area contributed by atoms with Gasteiger partial charge < -0.3 is 0 Å². The van der Waals surface area contributed by atoms with Crippen molar-refractivity contribution in [2.24, 2.45) is 7.05 Å². The number of aromatic nitrogens is 5. The quantitative estimate of drug-likeness (QED) is 0.538. The van der Waals surface area contributed by atoms with Gasteiger partial charge in [0.25, 0.3) is 5.82 Å². The predicted octanol–water partition coefficient (Wildman–Crippen LogP) is 1.12. The van der Waals surface area contributed by atoms with Crippen LogP contribution in [0.1, 0.15) is 5.56 Å². The molecule has 4 heterocycles. The minimum Gasteiger partial charge on any atom is -0.275 e. The van der Waals surface area contributed by atoms with E-state index in [1.807, 2.05) is 29.2 Å². The van der Waals surface area contributed by atoms with Crippen molar-refractivity contribution in [3.63, 3.8) is 0 Å². The molecule has 1 aliphatic rings. The van der Waals surface area contributed by atoms with Gasteiger partial charge in [0.2, 0.25) is 5.82 Å². The summed E-state index contributed by atoms with van der Waals surface area (Å²) in [5, 5.41) is 6.21. The first-order valence-corrected chi connectivity index (χ1v) is 8.69. The molecule has 0 saturated carbocycles. The van der Waals surface area contributed by atoms with E-state index in [0.29, 0.717) is 6.54 Å². The molecule has 3 N–H and O–H groups in total. The predicted molar refractivity (Wildman–Crippen MR) is 94.8 cm³/mol. The van der Waals surface area contributed by atoms with Gasteiger partial charge in [-0.25, -0.2) is 15.0 Å². The van der Waals surface area contributed by atoms with E-state index >= 15 is 0 Å². The molecule has 0 spiro atoms. The van der Waals surface area contributed by atoms with Gasteiger partial charge in [-0.05, 0) is 17.7 Å². The Morgan fingerprint density at radius 1 is 1.24 bits per heavy atom. The van der Waals surface area contributed by atoms with E-state index in [-0.39, 0.29) is 0 Å². The molecular formula is C16H15N8S+. The Bertz CT molecular complexity index is 1070. The highest BCUT2D eigenvalue weighted by Gasteiger charge is 2.27. The lowest BCUT2D eigenvalue weighted by Gasteiger charge is -2.14. The molecule has 124 valence electrons.